The van der Waals surface area contributed by atoms with Gasteiger partial charge in [-0.1, -0.05) is 24.4 Å². The third kappa shape index (κ3) is 3.00. The molecule has 1 unspecified atom stereocenters. The molecule has 1 atom stereocenters. The average Bonchev–Trinajstić information content (AvgIpc) is 2.81. The maximum Gasteiger partial charge on any atom is 0.272 e. The highest BCUT2D eigenvalue weighted by molar-refractivity contribution is 6.30. The third-order valence-electron chi connectivity index (χ3n) is 3.70. The molecule has 2 N–H and O–H groups in total. The summed E-state index contributed by atoms with van der Waals surface area (Å²) in [5, 5.41) is 11.5. The van der Waals surface area contributed by atoms with Gasteiger partial charge in [0.1, 0.15) is 0 Å². The number of halogens is 1. The Hall–Kier alpha value is -1.13. The molecule has 1 aliphatic rings. The van der Waals surface area contributed by atoms with Crippen molar-refractivity contribution in [3.05, 3.63) is 38.9 Å². The van der Waals surface area contributed by atoms with E-state index in [4.69, 9.17) is 17.3 Å². The number of rotatable bonds is 4. The number of hydrogen-bond acceptors (Lipinski definition) is 3. The Morgan fingerprint density at radius 3 is 2.72 bits per heavy atom. The van der Waals surface area contributed by atoms with Crippen molar-refractivity contribution in [2.75, 3.05) is 0 Å². The fourth-order valence-corrected chi connectivity index (χ4v) is 2.90. The molecule has 2 rings (SSSR count). The van der Waals surface area contributed by atoms with Crippen molar-refractivity contribution in [3.63, 3.8) is 0 Å². The van der Waals surface area contributed by atoms with E-state index in [1.165, 1.54) is 18.9 Å². The first-order chi connectivity index (χ1) is 8.58. The van der Waals surface area contributed by atoms with Crippen LogP contribution in [0.15, 0.2) is 18.2 Å². The van der Waals surface area contributed by atoms with Gasteiger partial charge in [0, 0.05) is 22.7 Å². The van der Waals surface area contributed by atoms with Crippen molar-refractivity contribution in [2.45, 2.75) is 38.1 Å². The predicted octanol–water partition coefficient (Wildman–Crippen LogP) is 3.31. The summed E-state index contributed by atoms with van der Waals surface area (Å²) in [5.74, 6) is 0.489. The standard InChI is InChI=1S/C13H17ClN2O2/c14-11-5-6-13(16(17)18)10(7-11)8-12(15)9-3-1-2-4-9/h5-7,9,12H,1-4,8,15H2. The van der Waals surface area contributed by atoms with Crippen LogP contribution in [0.5, 0.6) is 0 Å². The molecule has 1 aliphatic carbocycles. The van der Waals surface area contributed by atoms with Crippen LogP contribution in [0.1, 0.15) is 31.2 Å². The first kappa shape index (κ1) is 13.3. The van der Waals surface area contributed by atoms with Gasteiger partial charge in [0.2, 0.25) is 0 Å². The molecular formula is C13H17ClN2O2. The molecule has 4 nitrogen and oxygen atoms in total. The molecule has 0 amide bonds. The highest BCUT2D eigenvalue weighted by atomic mass is 35.5. The first-order valence-corrected chi connectivity index (χ1v) is 6.64. The lowest BCUT2D eigenvalue weighted by Gasteiger charge is -2.18. The van der Waals surface area contributed by atoms with Crippen molar-refractivity contribution >= 4 is 17.3 Å². The quantitative estimate of drug-likeness (QED) is 0.673. The van der Waals surface area contributed by atoms with Crippen LogP contribution in [0.2, 0.25) is 5.02 Å². The number of hydrogen-bond donors (Lipinski definition) is 1. The van der Waals surface area contributed by atoms with Crippen molar-refractivity contribution in [2.24, 2.45) is 11.7 Å². The Bertz CT molecular complexity index is 445. The van der Waals surface area contributed by atoms with Crippen LogP contribution >= 0.6 is 11.6 Å². The molecule has 0 aromatic heterocycles. The fourth-order valence-electron chi connectivity index (χ4n) is 2.70. The van der Waals surface area contributed by atoms with Gasteiger partial charge < -0.3 is 5.73 Å². The van der Waals surface area contributed by atoms with Crippen LogP contribution < -0.4 is 5.73 Å². The normalized spacial score (nSPS) is 17.9. The van der Waals surface area contributed by atoms with E-state index < -0.39 is 0 Å². The summed E-state index contributed by atoms with van der Waals surface area (Å²) in [7, 11) is 0. The van der Waals surface area contributed by atoms with Crippen molar-refractivity contribution in [1.82, 2.24) is 0 Å². The zero-order valence-electron chi connectivity index (χ0n) is 10.1. The summed E-state index contributed by atoms with van der Waals surface area (Å²) >= 11 is 5.90. The third-order valence-corrected chi connectivity index (χ3v) is 3.93. The molecule has 1 aromatic rings. The number of benzene rings is 1. The molecule has 1 fully saturated rings. The number of nitrogens with two attached hydrogens (primary N) is 1. The zero-order chi connectivity index (χ0) is 13.1. The molecule has 98 valence electrons. The zero-order valence-corrected chi connectivity index (χ0v) is 10.9. The van der Waals surface area contributed by atoms with Crippen LogP contribution in [-0.4, -0.2) is 11.0 Å². The molecule has 0 saturated heterocycles. The van der Waals surface area contributed by atoms with Crippen LogP contribution in [0, 0.1) is 16.0 Å². The van der Waals surface area contributed by atoms with E-state index in [1.807, 2.05) is 0 Å². The average molecular weight is 269 g/mol. The Morgan fingerprint density at radius 1 is 1.44 bits per heavy atom. The van der Waals surface area contributed by atoms with Crippen molar-refractivity contribution < 1.29 is 4.92 Å². The molecule has 0 bridgehead atoms. The number of nitro benzene ring substituents is 1. The Labute approximate surface area is 111 Å². The van der Waals surface area contributed by atoms with Gasteiger partial charge in [0.25, 0.3) is 5.69 Å². The lowest BCUT2D eigenvalue weighted by molar-refractivity contribution is -0.385. The van der Waals surface area contributed by atoms with Gasteiger partial charge in [-0.3, -0.25) is 10.1 Å². The summed E-state index contributed by atoms with van der Waals surface area (Å²) in [5.41, 5.74) is 6.93. The number of nitro groups is 1. The van der Waals surface area contributed by atoms with E-state index in [-0.39, 0.29) is 16.7 Å². The van der Waals surface area contributed by atoms with E-state index in [9.17, 15) is 10.1 Å². The first-order valence-electron chi connectivity index (χ1n) is 6.26. The second-order valence-corrected chi connectivity index (χ2v) is 5.38. The SMILES string of the molecule is NC(Cc1cc(Cl)ccc1[N+](=O)[O-])C1CCCC1. The molecular weight excluding hydrogens is 252 g/mol. The second kappa shape index (κ2) is 5.67. The molecule has 0 spiro atoms. The van der Waals surface area contributed by atoms with Gasteiger partial charge in [0.05, 0.1) is 4.92 Å². The molecule has 5 heteroatoms. The van der Waals surface area contributed by atoms with Crippen molar-refractivity contribution in [3.8, 4) is 0 Å². The Balaban J connectivity index is 2.16. The van der Waals surface area contributed by atoms with Crippen LogP contribution in [0.25, 0.3) is 0 Å². The van der Waals surface area contributed by atoms with Crippen LogP contribution in [0.4, 0.5) is 5.69 Å². The highest BCUT2D eigenvalue weighted by Crippen LogP contribution is 2.30. The van der Waals surface area contributed by atoms with Gasteiger partial charge >= 0.3 is 0 Å². The minimum absolute atomic E-state index is 0.00957. The van der Waals surface area contributed by atoms with E-state index in [1.54, 1.807) is 12.1 Å². The lowest BCUT2D eigenvalue weighted by atomic mass is 9.92. The molecule has 1 aromatic carbocycles. The van der Waals surface area contributed by atoms with Gasteiger partial charge in [-0.05, 0) is 37.3 Å². The van der Waals surface area contributed by atoms with E-state index in [0.717, 1.165) is 12.8 Å². The summed E-state index contributed by atoms with van der Waals surface area (Å²) in [6.07, 6.45) is 5.23. The second-order valence-electron chi connectivity index (χ2n) is 4.94. The van der Waals surface area contributed by atoms with Gasteiger partial charge in [-0.15, -0.1) is 0 Å². The maximum atomic E-state index is 11.0. The van der Waals surface area contributed by atoms with Gasteiger partial charge in [-0.2, -0.15) is 0 Å². The summed E-state index contributed by atoms with van der Waals surface area (Å²) in [6, 6.07) is 4.65. The van der Waals surface area contributed by atoms with Crippen LogP contribution in [0.3, 0.4) is 0 Å². The Kier molecular flexibility index (Phi) is 4.19. The summed E-state index contributed by atoms with van der Waals surface area (Å²) in [4.78, 5) is 10.6. The minimum atomic E-state index is -0.368. The molecule has 0 heterocycles. The maximum absolute atomic E-state index is 11.0. The molecule has 0 radical (unpaired) electrons. The fraction of sp³-hybridized carbons (Fsp3) is 0.538. The van der Waals surface area contributed by atoms with Gasteiger partial charge in [-0.25, -0.2) is 0 Å². The minimum Gasteiger partial charge on any atom is -0.327 e. The lowest BCUT2D eigenvalue weighted by Crippen LogP contribution is -2.30. The Morgan fingerprint density at radius 2 is 2.11 bits per heavy atom. The van der Waals surface area contributed by atoms with Gasteiger partial charge in [0.15, 0.2) is 0 Å². The number of nitrogens with zero attached hydrogens (tertiary/aromatic N) is 1. The summed E-state index contributed by atoms with van der Waals surface area (Å²) < 4.78 is 0. The molecule has 1 saturated carbocycles. The highest BCUT2D eigenvalue weighted by Gasteiger charge is 2.24. The molecule has 0 aliphatic heterocycles. The molecule has 18 heavy (non-hydrogen) atoms. The predicted molar refractivity (Wildman–Crippen MR) is 71.7 cm³/mol. The van der Waals surface area contributed by atoms with Crippen LogP contribution in [-0.2, 0) is 6.42 Å². The monoisotopic (exact) mass is 268 g/mol. The topological polar surface area (TPSA) is 69.2 Å². The van der Waals surface area contributed by atoms with E-state index >= 15 is 0 Å². The largest absolute Gasteiger partial charge is 0.327 e. The van der Waals surface area contributed by atoms with E-state index in [0.29, 0.717) is 22.9 Å². The van der Waals surface area contributed by atoms with E-state index in [2.05, 4.69) is 0 Å². The smallest absolute Gasteiger partial charge is 0.272 e. The summed E-state index contributed by atoms with van der Waals surface area (Å²) in [6.45, 7) is 0. The van der Waals surface area contributed by atoms with Crippen molar-refractivity contribution in [1.29, 1.82) is 0 Å².